The van der Waals surface area contributed by atoms with Crippen LogP contribution in [0.5, 0.6) is 0 Å². The minimum Gasteiger partial charge on any atom is -0.478 e. The van der Waals surface area contributed by atoms with Gasteiger partial charge in [-0.15, -0.1) is 0 Å². The Morgan fingerprint density at radius 2 is 1.70 bits per heavy atom. The Hall–Kier alpha value is -2.79. The largest absolute Gasteiger partial charge is 0.478 e. The molecule has 2 heteroatoms. The van der Waals surface area contributed by atoms with Crippen LogP contribution in [0.1, 0.15) is 52.9 Å². The number of carboxylic acids is 1. The smallest absolute Gasteiger partial charge is 0.335 e. The lowest BCUT2D eigenvalue weighted by atomic mass is 9.75. The highest BCUT2D eigenvalue weighted by atomic mass is 16.4. The fraction of sp³-hybridized carbons (Fsp3) is 0.190. The van der Waals surface area contributed by atoms with Crippen LogP contribution in [0.25, 0.3) is 6.08 Å². The molecule has 3 rings (SSSR count). The molecule has 0 fully saturated rings. The van der Waals surface area contributed by atoms with Crippen LogP contribution in [0.3, 0.4) is 0 Å². The molecule has 0 aliphatic heterocycles. The van der Waals surface area contributed by atoms with E-state index in [-0.39, 0.29) is 11.0 Å². The molecule has 114 valence electrons. The highest BCUT2D eigenvalue weighted by Gasteiger charge is 2.24. The van der Waals surface area contributed by atoms with Gasteiger partial charge in [0.1, 0.15) is 0 Å². The molecule has 23 heavy (non-hydrogen) atoms. The van der Waals surface area contributed by atoms with Crippen molar-refractivity contribution in [3.8, 4) is 11.8 Å². The summed E-state index contributed by atoms with van der Waals surface area (Å²) in [4.78, 5) is 10.8. The van der Waals surface area contributed by atoms with E-state index in [1.54, 1.807) is 24.3 Å². The molecule has 1 N–H and O–H groups in total. The lowest BCUT2D eigenvalue weighted by Gasteiger charge is -2.29. The van der Waals surface area contributed by atoms with E-state index in [0.717, 1.165) is 17.5 Å². The van der Waals surface area contributed by atoms with Crippen LogP contribution < -0.4 is 0 Å². The molecule has 0 saturated heterocycles. The summed E-state index contributed by atoms with van der Waals surface area (Å²) in [6.07, 6.45) is 5.42. The van der Waals surface area contributed by atoms with Crippen molar-refractivity contribution in [2.45, 2.75) is 25.7 Å². The van der Waals surface area contributed by atoms with E-state index in [9.17, 15) is 4.79 Å². The lowest BCUT2D eigenvalue weighted by Crippen LogP contribution is -2.19. The first-order chi connectivity index (χ1) is 11.0. The lowest BCUT2D eigenvalue weighted by molar-refractivity contribution is 0.0697. The van der Waals surface area contributed by atoms with Crippen molar-refractivity contribution >= 4 is 12.0 Å². The molecule has 2 nitrogen and oxygen atoms in total. The monoisotopic (exact) mass is 302 g/mol. The summed E-state index contributed by atoms with van der Waals surface area (Å²) in [5.41, 5.74) is 4.79. The Morgan fingerprint density at radius 1 is 1.04 bits per heavy atom. The summed E-state index contributed by atoms with van der Waals surface area (Å²) in [7, 11) is 0. The molecule has 0 atom stereocenters. The third kappa shape index (κ3) is 3.19. The molecule has 0 aromatic heterocycles. The van der Waals surface area contributed by atoms with E-state index in [1.807, 2.05) is 6.07 Å². The third-order valence-electron chi connectivity index (χ3n) is 4.19. The molecule has 0 saturated carbocycles. The highest BCUT2D eigenvalue weighted by molar-refractivity contribution is 5.87. The zero-order valence-electron chi connectivity index (χ0n) is 13.3. The second-order valence-corrected chi connectivity index (χ2v) is 6.42. The fourth-order valence-electron chi connectivity index (χ4n) is 2.80. The topological polar surface area (TPSA) is 37.3 Å². The number of carbonyl (C=O) groups is 1. The van der Waals surface area contributed by atoms with E-state index in [2.05, 4.69) is 50.0 Å². The van der Waals surface area contributed by atoms with E-state index >= 15 is 0 Å². The average molecular weight is 302 g/mol. The SMILES string of the molecule is CC1(C)CC=Cc2ccc(C#Cc3ccc(C(=O)O)cc3)cc21. The molecular formula is C21H18O2. The Balaban J connectivity index is 1.90. The molecule has 0 unspecified atom stereocenters. The van der Waals surface area contributed by atoms with Crippen molar-refractivity contribution in [2.24, 2.45) is 0 Å². The summed E-state index contributed by atoms with van der Waals surface area (Å²) in [5.74, 6) is 5.35. The summed E-state index contributed by atoms with van der Waals surface area (Å²) < 4.78 is 0. The van der Waals surface area contributed by atoms with Crippen molar-refractivity contribution in [3.05, 3.63) is 76.4 Å². The first-order valence-corrected chi connectivity index (χ1v) is 7.62. The predicted molar refractivity (Wildman–Crippen MR) is 92.5 cm³/mol. The first kappa shape index (κ1) is 15.1. The van der Waals surface area contributed by atoms with Crippen LogP contribution in [0.4, 0.5) is 0 Å². The summed E-state index contributed by atoms with van der Waals surface area (Å²) in [6.45, 7) is 4.49. The van der Waals surface area contributed by atoms with Gasteiger partial charge in [-0.1, -0.05) is 43.9 Å². The van der Waals surface area contributed by atoms with Crippen LogP contribution in [0.2, 0.25) is 0 Å². The molecule has 2 aromatic rings. The maximum atomic E-state index is 10.8. The minimum atomic E-state index is -0.922. The van der Waals surface area contributed by atoms with Crippen LogP contribution in [0.15, 0.2) is 48.5 Å². The van der Waals surface area contributed by atoms with Crippen LogP contribution >= 0.6 is 0 Å². The van der Waals surface area contributed by atoms with Gasteiger partial charge in [-0.05, 0) is 59.4 Å². The Labute approximate surface area is 136 Å². The second-order valence-electron chi connectivity index (χ2n) is 6.42. The second kappa shape index (κ2) is 5.78. The first-order valence-electron chi connectivity index (χ1n) is 7.62. The van der Waals surface area contributed by atoms with Gasteiger partial charge in [0.2, 0.25) is 0 Å². The van der Waals surface area contributed by atoms with Gasteiger partial charge in [0.25, 0.3) is 0 Å². The molecule has 0 spiro atoms. The minimum absolute atomic E-state index is 0.130. The maximum Gasteiger partial charge on any atom is 0.335 e. The molecule has 0 amide bonds. The normalized spacial score (nSPS) is 14.5. The van der Waals surface area contributed by atoms with E-state index in [0.29, 0.717) is 0 Å². The van der Waals surface area contributed by atoms with Gasteiger partial charge in [0, 0.05) is 11.1 Å². The van der Waals surface area contributed by atoms with Gasteiger partial charge in [0.15, 0.2) is 0 Å². The Kier molecular flexibility index (Phi) is 3.80. The Bertz CT molecular complexity index is 844. The quantitative estimate of drug-likeness (QED) is 0.789. The van der Waals surface area contributed by atoms with Gasteiger partial charge in [-0.2, -0.15) is 0 Å². The van der Waals surface area contributed by atoms with Crippen molar-refractivity contribution < 1.29 is 9.90 Å². The van der Waals surface area contributed by atoms with Crippen molar-refractivity contribution in [3.63, 3.8) is 0 Å². The van der Waals surface area contributed by atoms with E-state index < -0.39 is 5.97 Å². The number of fused-ring (bicyclic) bond motifs is 1. The summed E-state index contributed by atoms with van der Waals surface area (Å²) >= 11 is 0. The van der Waals surface area contributed by atoms with Crippen LogP contribution in [-0.2, 0) is 5.41 Å². The van der Waals surface area contributed by atoms with Gasteiger partial charge >= 0.3 is 5.97 Å². The number of hydrogen-bond acceptors (Lipinski definition) is 1. The fourth-order valence-corrected chi connectivity index (χ4v) is 2.80. The number of hydrogen-bond donors (Lipinski definition) is 1. The van der Waals surface area contributed by atoms with Crippen molar-refractivity contribution in [2.75, 3.05) is 0 Å². The standard InChI is InChI=1S/C21H18O2/c1-21(2)13-3-4-17-10-9-16(14-19(17)21)6-5-15-7-11-18(12-8-15)20(22)23/h3-4,7-12,14H,13H2,1-2H3,(H,22,23). The molecule has 1 aliphatic carbocycles. The Morgan fingerprint density at radius 3 is 2.39 bits per heavy atom. The van der Waals surface area contributed by atoms with Crippen molar-refractivity contribution in [1.82, 2.24) is 0 Å². The molecule has 0 heterocycles. The molecular weight excluding hydrogens is 284 g/mol. The zero-order valence-corrected chi connectivity index (χ0v) is 13.3. The third-order valence-corrected chi connectivity index (χ3v) is 4.19. The molecule has 1 aliphatic rings. The molecule has 2 aromatic carbocycles. The van der Waals surface area contributed by atoms with Gasteiger partial charge in [-0.25, -0.2) is 4.79 Å². The van der Waals surface area contributed by atoms with Crippen molar-refractivity contribution in [1.29, 1.82) is 0 Å². The zero-order chi connectivity index (χ0) is 16.4. The maximum absolute atomic E-state index is 10.8. The number of rotatable bonds is 1. The predicted octanol–water partition coefficient (Wildman–Crippen LogP) is 4.48. The van der Waals surface area contributed by atoms with Crippen LogP contribution in [0, 0.1) is 11.8 Å². The van der Waals surface area contributed by atoms with Gasteiger partial charge in [-0.3, -0.25) is 0 Å². The number of benzene rings is 2. The van der Waals surface area contributed by atoms with E-state index in [4.69, 9.17) is 5.11 Å². The molecule has 0 radical (unpaired) electrons. The summed E-state index contributed by atoms with van der Waals surface area (Å²) in [6, 6.07) is 12.9. The number of aromatic carboxylic acids is 1. The average Bonchev–Trinajstić information content (AvgIpc) is 2.53. The van der Waals surface area contributed by atoms with Crippen LogP contribution in [-0.4, -0.2) is 11.1 Å². The summed E-state index contributed by atoms with van der Waals surface area (Å²) in [5, 5.41) is 8.90. The molecule has 0 bridgehead atoms. The van der Waals surface area contributed by atoms with E-state index in [1.165, 1.54) is 11.1 Å². The number of carboxylic acid groups (broad SMARTS) is 1. The number of allylic oxidation sites excluding steroid dienone is 1. The van der Waals surface area contributed by atoms with Gasteiger partial charge < -0.3 is 5.11 Å². The van der Waals surface area contributed by atoms with Gasteiger partial charge in [0.05, 0.1) is 5.56 Å². The highest BCUT2D eigenvalue weighted by Crippen LogP contribution is 2.35.